The van der Waals surface area contributed by atoms with Crippen molar-refractivity contribution in [2.24, 2.45) is 0 Å². The van der Waals surface area contributed by atoms with E-state index in [0.29, 0.717) is 16.3 Å². The molecule has 0 radical (unpaired) electrons. The molecule has 4 rings (SSSR count). The Morgan fingerprint density at radius 3 is 2.43 bits per heavy atom. The van der Waals surface area contributed by atoms with Crippen LogP contribution < -0.4 is 15.8 Å². The van der Waals surface area contributed by atoms with Gasteiger partial charge >= 0.3 is 0 Å². The molecule has 0 aliphatic carbocycles. The third-order valence-electron chi connectivity index (χ3n) is 4.47. The summed E-state index contributed by atoms with van der Waals surface area (Å²) < 4.78 is 0. The first-order valence-corrected chi connectivity index (χ1v) is 7.92. The van der Waals surface area contributed by atoms with Crippen molar-refractivity contribution in [3.05, 3.63) is 79.6 Å². The van der Waals surface area contributed by atoms with Gasteiger partial charge in [-0.2, -0.15) is 0 Å². The summed E-state index contributed by atoms with van der Waals surface area (Å²) in [5.41, 5.74) is 3.14. The Kier molecular flexibility index (Phi) is 3.13. The second-order valence-corrected chi connectivity index (χ2v) is 6.38. The Bertz CT molecular complexity index is 968. The van der Waals surface area contributed by atoms with Gasteiger partial charge in [-0.15, -0.1) is 0 Å². The van der Waals surface area contributed by atoms with E-state index in [1.165, 1.54) is 5.56 Å². The molecule has 0 N–H and O–H groups in total. The Balaban J connectivity index is 1.89. The maximum Gasteiger partial charge on any atom is 0.250 e. The molecule has 1 atom stereocenters. The summed E-state index contributed by atoms with van der Waals surface area (Å²) in [6.07, 6.45) is 0.870. The number of halogens is 1. The second-order valence-electron chi connectivity index (χ2n) is 5.94. The summed E-state index contributed by atoms with van der Waals surface area (Å²) in [6.45, 7) is 2.07. The molecule has 0 aromatic heterocycles. The van der Waals surface area contributed by atoms with Crippen molar-refractivity contribution in [2.75, 3.05) is 4.90 Å². The minimum Gasteiger partial charge on any atom is -0.334 e. The maximum absolute atomic E-state index is 12.3. The number of rotatable bonds is 2. The van der Waals surface area contributed by atoms with Crippen LogP contribution in [0.3, 0.4) is 0 Å². The summed E-state index contributed by atoms with van der Waals surface area (Å²) in [5, 5.41) is 0.605. The average Bonchev–Trinajstić information content (AvgIpc) is 2.88. The van der Waals surface area contributed by atoms with Crippen molar-refractivity contribution in [1.29, 1.82) is 0 Å². The van der Waals surface area contributed by atoms with Crippen molar-refractivity contribution in [2.45, 2.75) is 19.4 Å². The first-order chi connectivity index (χ1) is 11.1. The first kappa shape index (κ1) is 14.2. The van der Waals surface area contributed by atoms with Crippen LogP contribution in [0, 0.1) is 0 Å². The van der Waals surface area contributed by atoms with Gasteiger partial charge in [0.05, 0.1) is 5.56 Å². The van der Waals surface area contributed by atoms with Crippen molar-refractivity contribution >= 4 is 23.0 Å². The summed E-state index contributed by atoms with van der Waals surface area (Å²) >= 11 is 5.92. The Hall–Kier alpha value is -2.39. The van der Waals surface area contributed by atoms with E-state index < -0.39 is 10.9 Å². The zero-order chi connectivity index (χ0) is 16.1. The van der Waals surface area contributed by atoms with E-state index in [1.54, 1.807) is 24.3 Å². The maximum atomic E-state index is 12.3. The molecule has 114 valence electrons. The third-order valence-corrected chi connectivity index (χ3v) is 4.72. The molecule has 4 heteroatoms. The highest BCUT2D eigenvalue weighted by Gasteiger charge is 2.35. The first-order valence-electron chi connectivity index (χ1n) is 7.54. The monoisotopic (exact) mass is 323 g/mol. The smallest absolute Gasteiger partial charge is 0.250 e. The Morgan fingerprint density at radius 2 is 1.70 bits per heavy atom. The molecule has 23 heavy (non-hydrogen) atoms. The molecule has 1 aliphatic heterocycles. The molecule has 0 saturated carbocycles. The molecule has 3 aromatic rings. The average molecular weight is 324 g/mol. The van der Waals surface area contributed by atoms with E-state index in [1.807, 2.05) is 23.1 Å². The lowest BCUT2D eigenvalue weighted by molar-refractivity contribution is 0.755. The van der Waals surface area contributed by atoms with Crippen molar-refractivity contribution in [3.8, 4) is 11.1 Å². The van der Waals surface area contributed by atoms with E-state index in [4.69, 9.17) is 11.6 Å². The summed E-state index contributed by atoms with van der Waals surface area (Å²) in [6, 6.07) is 15.2. The van der Waals surface area contributed by atoms with Gasteiger partial charge in [-0.25, -0.2) is 0 Å². The van der Waals surface area contributed by atoms with Crippen LogP contribution in [0.15, 0.2) is 58.1 Å². The molecule has 1 unspecified atom stereocenters. The molecule has 0 amide bonds. The van der Waals surface area contributed by atoms with Crippen LogP contribution in [0.4, 0.5) is 11.4 Å². The topological polar surface area (TPSA) is 37.4 Å². The minimum atomic E-state index is -0.418. The molecular formula is C19H14ClNO2. The fourth-order valence-corrected chi connectivity index (χ4v) is 3.53. The number of anilines is 2. The molecule has 0 spiro atoms. The van der Waals surface area contributed by atoms with E-state index in [-0.39, 0.29) is 6.04 Å². The largest absolute Gasteiger partial charge is 0.334 e. The molecule has 0 bridgehead atoms. The SMILES string of the molecule is CC1Cc2ccccc2N1c1c(-c2ccc(Cl)cc2)c(=O)c1=O. The Morgan fingerprint density at radius 1 is 1.00 bits per heavy atom. The minimum absolute atomic E-state index is 0.154. The normalized spacial score (nSPS) is 16.8. The molecule has 1 aliphatic rings. The highest BCUT2D eigenvalue weighted by molar-refractivity contribution is 6.30. The number of hydrogen-bond donors (Lipinski definition) is 0. The van der Waals surface area contributed by atoms with Crippen LogP contribution in [0.5, 0.6) is 0 Å². The van der Waals surface area contributed by atoms with Gasteiger partial charge in [0.25, 0.3) is 5.43 Å². The van der Waals surface area contributed by atoms with Gasteiger partial charge in [-0.3, -0.25) is 9.59 Å². The zero-order valence-corrected chi connectivity index (χ0v) is 13.3. The van der Waals surface area contributed by atoms with E-state index in [9.17, 15) is 9.59 Å². The van der Waals surface area contributed by atoms with Gasteiger partial charge in [-0.05, 0) is 42.7 Å². The van der Waals surface area contributed by atoms with Gasteiger partial charge in [0.15, 0.2) is 0 Å². The fraction of sp³-hybridized carbons (Fsp3) is 0.158. The Labute approximate surface area is 138 Å². The van der Waals surface area contributed by atoms with Gasteiger partial charge in [0.2, 0.25) is 5.43 Å². The quantitative estimate of drug-likeness (QED) is 0.675. The number of para-hydroxylation sites is 1. The van der Waals surface area contributed by atoms with Crippen LogP contribution in [0.25, 0.3) is 11.1 Å². The summed E-state index contributed by atoms with van der Waals surface area (Å²) in [7, 11) is 0. The highest BCUT2D eigenvalue weighted by Crippen LogP contribution is 2.40. The van der Waals surface area contributed by atoms with Crippen LogP contribution in [-0.4, -0.2) is 6.04 Å². The summed E-state index contributed by atoms with van der Waals surface area (Å²) in [4.78, 5) is 26.4. The predicted octanol–water partition coefficient (Wildman–Crippen LogP) is 3.69. The number of nitrogens with zero attached hydrogens (tertiary/aromatic N) is 1. The van der Waals surface area contributed by atoms with E-state index in [0.717, 1.165) is 17.7 Å². The molecular weight excluding hydrogens is 310 g/mol. The van der Waals surface area contributed by atoms with E-state index >= 15 is 0 Å². The van der Waals surface area contributed by atoms with Crippen LogP contribution >= 0.6 is 11.6 Å². The fourth-order valence-electron chi connectivity index (χ4n) is 3.40. The molecule has 1 heterocycles. The van der Waals surface area contributed by atoms with Crippen molar-refractivity contribution < 1.29 is 0 Å². The standard InChI is InChI=1S/C19H14ClNO2/c1-11-10-13-4-2-3-5-15(13)21(11)17-16(18(22)19(17)23)12-6-8-14(20)9-7-12/h2-9,11H,10H2,1H3. The number of hydrogen-bond acceptors (Lipinski definition) is 3. The van der Waals surface area contributed by atoms with Gasteiger partial charge in [0.1, 0.15) is 5.69 Å². The molecule has 0 fully saturated rings. The van der Waals surface area contributed by atoms with Crippen LogP contribution in [0.2, 0.25) is 5.02 Å². The molecule has 0 saturated heterocycles. The number of fused-ring (bicyclic) bond motifs is 1. The lowest BCUT2D eigenvalue weighted by Crippen LogP contribution is -2.42. The van der Waals surface area contributed by atoms with Gasteiger partial charge in [0, 0.05) is 16.8 Å². The highest BCUT2D eigenvalue weighted by atomic mass is 35.5. The van der Waals surface area contributed by atoms with Crippen molar-refractivity contribution in [3.63, 3.8) is 0 Å². The van der Waals surface area contributed by atoms with Gasteiger partial charge < -0.3 is 4.90 Å². The lowest BCUT2D eigenvalue weighted by Gasteiger charge is -2.28. The number of benzene rings is 2. The van der Waals surface area contributed by atoms with E-state index in [2.05, 4.69) is 13.0 Å². The molecule has 3 aromatic carbocycles. The lowest BCUT2D eigenvalue weighted by atomic mass is 9.97. The van der Waals surface area contributed by atoms with Crippen LogP contribution in [-0.2, 0) is 6.42 Å². The third kappa shape index (κ3) is 2.04. The van der Waals surface area contributed by atoms with Crippen molar-refractivity contribution in [1.82, 2.24) is 0 Å². The van der Waals surface area contributed by atoms with Gasteiger partial charge in [-0.1, -0.05) is 41.9 Å². The predicted molar refractivity (Wildman–Crippen MR) is 93.5 cm³/mol. The zero-order valence-electron chi connectivity index (χ0n) is 12.5. The van der Waals surface area contributed by atoms with Crippen LogP contribution in [0.1, 0.15) is 12.5 Å². The summed E-state index contributed by atoms with van der Waals surface area (Å²) in [5.74, 6) is 0. The second kappa shape index (κ2) is 5.07. The molecule has 3 nitrogen and oxygen atoms in total.